The zero-order chi connectivity index (χ0) is 13.3. The van der Waals surface area contributed by atoms with E-state index < -0.39 is 0 Å². The van der Waals surface area contributed by atoms with Gasteiger partial charge in [-0.1, -0.05) is 23.7 Å². The van der Waals surface area contributed by atoms with Crippen molar-refractivity contribution in [2.24, 2.45) is 7.05 Å². The maximum absolute atomic E-state index is 11.9. The van der Waals surface area contributed by atoms with E-state index in [9.17, 15) is 9.59 Å². The lowest BCUT2D eigenvalue weighted by molar-refractivity contribution is 0.634. The summed E-state index contributed by atoms with van der Waals surface area (Å²) in [5.41, 5.74) is 0.211. The van der Waals surface area contributed by atoms with Gasteiger partial charge in [0.25, 0.3) is 5.56 Å². The molecular formula is C12H10ClIN2O2. The number of benzene rings is 1. The first-order valence-corrected chi connectivity index (χ1v) is 6.65. The van der Waals surface area contributed by atoms with Crippen molar-refractivity contribution < 1.29 is 0 Å². The van der Waals surface area contributed by atoms with Crippen LogP contribution in [0.25, 0.3) is 0 Å². The minimum absolute atomic E-state index is 0.225. The zero-order valence-electron chi connectivity index (χ0n) is 9.56. The van der Waals surface area contributed by atoms with E-state index in [0.29, 0.717) is 8.59 Å². The van der Waals surface area contributed by atoms with Crippen LogP contribution in [0.15, 0.2) is 40.1 Å². The van der Waals surface area contributed by atoms with Crippen LogP contribution in [0, 0.1) is 3.57 Å². The molecule has 18 heavy (non-hydrogen) atoms. The van der Waals surface area contributed by atoms with Gasteiger partial charge in [-0.2, -0.15) is 0 Å². The van der Waals surface area contributed by atoms with Crippen LogP contribution in [0.4, 0.5) is 0 Å². The SMILES string of the molecule is Cn1cc(I)c(=O)n(Cc2cccc(Cl)c2)c1=O. The molecule has 0 radical (unpaired) electrons. The van der Waals surface area contributed by atoms with Crippen LogP contribution in [0.3, 0.4) is 0 Å². The molecule has 0 fully saturated rings. The van der Waals surface area contributed by atoms with Crippen molar-refractivity contribution in [2.45, 2.75) is 6.54 Å². The Kier molecular flexibility index (Phi) is 3.91. The molecule has 0 spiro atoms. The molecule has 0 aliphatic heterocycles. The number of hydrogen-bond donors (Lipinski definition) is 0. The Morgan fingerprint density at radius 1 is 1.33 bits per heavy atom. The largest absolute Gasteiger partial charge is 0.331 e. The molecule has 0 saturated carbocycles. The topological polar surface area (TPSA) is 44.0 Å². The molecule has 0 aliphatic rings. The Morgan fingerprint density at radius 3 is 2.72 bits per heavy atom. The van der Waals surface area contributed by atoms with Crippen molar-refractivity contribution in [3.63, 3.8) is 0 Å². The second-order valence-corrected chi connectivity index (χ2v) is 5.49. The predicted molar refractivity (Wildman–Crippen MR) is 79.2 cm³/mol. The summed E-state index contributed by atoms with van der Waals surface area (Å²) >= 11 is 7.80. The normalized spacial score (nSPS) is 10.6. The Morgan fingerprint density at radius 2 is 2.06 bits per heavy atom. The second-order valence-electron chi connectivity index (χ2n) is 3.89. The summed E-state index contributed by atoms with van der Waals surface area (Å²) in [7, 11) is 1.62. The Balaban J connectivity index is 2.53. The average molecular weight is 377 g/mol. The smallest absolute Gasteiger partial charge is 0.302 e. The van der Waals surface area contributed by atoms with Crippen molar-refractivity contribution in [3.8, 4) is 0 Å². The summed E-state index contributed by atoms with van der Waals surface area (Å²) < 4.78 is 3.11. The molecule has 0 atom stereocenters. The van der Waals surface area contributed by atoms with Gasteiger partial charge < -0.3 is 4.57 Å². The van der Waals surface area contributed by atoms with Gasteiger partial charge in [-0.25, -0.2) is 4.79 Å². The van der Waals surface area contributed by atoms with Crippen LogP contribution in [-0.4, -0.2) is 9.13 Å². The number of hydrogen-bond acceptors (Lipinski definition) is 2. The highest BCUT2D eigenvalue weighted by Crippen LogP contribution is 2.10. The maximum atomic E-state index is 11.9. The van der Waals surface area contributed by atoms with E-state index in [-0.39, 0.29) is 17.8 Å². The third-order valence-corrected chi connectivity index (χ3v) is 3.49. The third kappa shape index (κ3) is 2.67. The maximum Gasteiger partial charge on any atom is 0.331 e. The van der Waals surface area contributed by atoms with E-state index >= 15 is 0 Å². The van der Waals surface area contributed by atoms with Crippen LogP contribution < -0.4 is 11.2 Å². The molecule has 2 rings (SSSR count). The van der Waals surface area contributed by atoms with Gasteiger partial charge in [-0.3, -0.25) is 9.36 Å². The van der Waals surface area contributed by atoms with Crippen molar-refractivity contribution in [3.05, 3.63) is 65.5 Å². The molecule has 0 saturated heterocycles. The summed E-state index contributed by atoms with van der Waals surface area (Å²) in [6.07, 6.45) is 1.53. The quantitative estimate of drug-likeness (QED) is 0.751. The molecular weight excluding hydrogens is 367 g/mol. The summed E-state index contributed by atoms with van der Waals surface area (Å²) in [5, 5.41) is 0.586. The summed E-state index contributed by atoms with van der Waals surface area (Å²) in [6.45, 7) is 0.225. The number of nitrogens with zero attached hydrogens (tertiary/aromatic N) is 2. The minimum Gasteiger partial charge on any atom is -0.302 e. The van der Waals surface area contributed by atoms with Gasteiger partial charge in [-0.15, -0.1) is 0 Å². The van der Waals surface area contributed by atoms with Crippen molar-refractivity contribution in [1.29, 1.82) is 0 Å². The van der Waals surface area contributed by atoms with E-state index in [1.54, 1.807) is 25.2 Å². The molecule has 6 heteroatoms. The summed E-state index contributed by atoms with van der Waals surface area (Å²) in [4.78, 5) is 23.9. The molecule has 0 amide bonds. The van der Waals surface area contributed by atoms with Gasteiger partial charge >= 0.3 is 5.69 Å². The minimum atomic E-state index is -0.333. The molecule has 0 bridgehead atoms. The lowest BCUT2D eigenvalue weighted by Gasteiger charge is -2.08. The summed E-state index contributed by atoms with van der Waals surface area (Å²) in [6, 6.07) is 7.12. The first-order valence-electron chi connectivity index (χ1n) is 5.19. The fraction of sp³-hybridized carbons (Fsp3) is 0.167. The predicted octanol–water partition coefficient (Wildman–Crippen LogP) is 1.85. The first-order chi connectivity index (χ1) is 8.49. The molecule has 4 nitrogen and oxygen atoms in total. The zero-order valence-corrected chi connectivity index (χ0v) is 12.5. The van der Waals surface area contributed by atoms with Crippen LogP contribution in [0.5, 0.6) is 0 Å². The Hall–Kier alpha value is -1.08. The van der Waals surface area contributed by atoms with Crippen LogP contribution in [0.2, 0.25) is 5.02 Å². The highest BCUT2D eigenvalue weighted by Gasteiger charge is 2.08. The number of aromatic nitrogens is 2. The lowest BCUT2D eigenvalue weighted by Crippen LogP contribution is -2.40. The van der Waals surface area contributed by atoms with Crippen molar-refractivity contribution >= 4 is 34.2 Å². The van der Waals surface area contributed by atoms with E-state index in [4.69, 9.17) is 11.6 Å². The molecule has 1 aromatic carbocycles. The van der Waals surface area contributed by atoms with Crippen molar-refractivity contribution in [2.75, 3.05) is 0 Å². The van der Waals surface area contributed by atoms with Gasteiger partial charge in [0.2, 0.25) is 0 Å². The van der Waals surface area contributed by atoms with Gasteiger partial charge in [0.1, 0.15) is 0 Å². The summed E-state index contributed by atoms with van der Waals surface area (Å²) in [5.74, 6) is 0. The molecule has 94 valence electrons. The number of aryl methyl sites for hydroxylation is 1. The lowest BCUT2D eigenvalue weighted by atomic mass is 10.2. The Labute approximate surface area is 122 Å². The molecule has 1 heterocycles. The number of halogens is 2. The molecule has 0 unspecified atom stereocenters. The second kappa shape index (κ2) is 5.27. The van der Waals surface area contributed by atoms with Crippen molar-refractivity contribution in [1.82, 2.24) is 9.13 Å². The van der Waals surface area contributed by atoms with E-state index in [0.717, 1.165) is 5.56 Å². The van der Waals surface area contributed by atoms with Crippen LogP contribution in [-0.2, 0) is 13.6 Å². The van der Waals surface area contributed by atoms with Crippen LogP contribution >= 0.6 is 34.2 Å². The highest BCUT2D eigenvalue weighted by atomic mass is 127. The van der Waals surface area contributed by atoms with Gasteiger partial charge in [0, 0.05) is 18.3 Å². The standard InChI is InChI=1S/C12H10ClIN2O2/c1-15-7-10(14)11(17)16(12(15)18)6-8-3-2-4-9(13)5-8/h2-5,7H,6H2,1H3. The monoisotopic (exact) mass is 376 g/mol. The fourth-order valence-electron chi connectivity index (χ4n) is 1.64. The molecule has 2 aromatic rings. The van der Waals surface area contributed by atoms with Gasteiger partial charge in [0.15, 0.2) is 0 Å². The molecule has 1 aromatic heterocycles. The van der Waals surface area contributed by atoms with Crippen LogP contribution in [0.1, 0.15) is 5.56 Å². The fourth-order valence-corrected chi connectivity index (χ4v) is 2.57. The molecule has 0 aliphatic carbocycles. The van der Waals surface area contributed by atoms with E-state index in [1.807, 2.05) is 28.7 Å². The Bertz CT molecular complexity index is 672. The average Bonchev–Trinajstić information content (AvgIpc) is 2.32. The third-order valence-electron chi connectivity index (χ3n) is 2.52. The van der Waals surface area contributed by atoms with E-state index in [1.165, 1.54) is 15.3 Å². The molecule has 0 N–H and O–H groups in total. The highest BCUT2D eigenvalue weighted by molar-refractivity contribution is 14.1. The number of rotatable bonds is 2. The first kappa shape index (κ1) is 13.4. The van der Waals surface area contributed by atoms with Gasteiger partial charge in [0.05, 0.1) is 10.1 Å². The van der Waals surface area contributed by atoms with E-state index in [2.05, 4.69) is 0 Å². The van der Waals surface area contributed by atoms with Gasteiger partial charge in [-0.05, 0) is 40.3 Å².